The Labute approximate surface area is 112 Å². The van der Waals surface area contributed by atoms with Crippen LogP contribution in [0.2, 0.25) is 0 Å². The highest BCUT2D eigenvalue weighted by atomic mass is 16.2. The van der Waals surface area contributed by atoms with E-state index in [9.17, 15) is 4.79 Å². The summed E-state index contributed by atoms with van der Waals surface area (Å²) in [7, 11) is 0. The molecule has 0 saturated heterocycles. The van der Waals surface area contributed by atoms with Crippen LogP contribution in [0.1, 0.15) is 12.5 Å². The van der Waals surface area contributed by atoms with Gasteiger partial charge in [-0.05, 0) is 37.1 Å². The number of carbonyl (C=O) groups is 1. The van der Waals surface area contributed by atoms with Crippen LogP contribution >= 0.6 is 0 Å². The molecule has 1 N–H and O–H groups in total. The Balaban J connectivity index is 1.84. The maximum atomic E-state index is 12.4. The third-order valence-electron chi connectivity index (χ3n) is 3.45. The monoisotopic (exact) mass is 252 g/mol. The summed E-state index contributed by atoms with van der Waals surface area (Å²) in [4.78, 5) is 14.2. The van der Waals surface area contributed by atoms with Gasteiger partial charge in [-0.25, -0.2) is 4.79 Å². The number of nitrogens with zero attached hydrogens (tertiary/aromatic N) is 1. The fourth-order valence-electron chi connectivity index (χ4n) is 2.58. The fourth-order valence-corrected chi connectivity index (χ4v) is 2.58. The van der Waals surface area contributed by atoms with Crippen molar-refractivity contribution in [3.05, 3.63) is 60.2 Å². The minimum atomic E-state index is -0.0661. The van der Waals surface area contributed by atoms with E-state index >= 15 is 0 Å². The molecule has 0 spiro atoms. The van der Waals surface area contributed by atoms with Crippen LogP contribution in [0.5, 0.6) is 0 Å². The van der Waals surface area contributed by atoms with Crippen molar-refractivity contribution in [1.82, 2.24) is 0 Å². The van der Waals surface area contributed by atoms with Crippen LogP contribution in [0.3, 0.4) is 0 Å². The van der Waals surface area contributed by atoms with Gasteiger partial charge in [-0.15, -0.1) is 0 Å². The van der Waals surface area contributed by atoms with Gasteiger partial charge in [-0.3, -0.25) is 4.90 Å². The lowest BCUT2D eigenvalue weighted by Gasteiger charge is -2.23. The third-order valence-corrected chi connectivity index (χ3v) is 3.45. The van der Waals surface area contributed by atoms with Gasteiger partial charge in [-0.2, -0.15) is 0 Å². The minimum Gasteiger partial charge on any atom is -0.308 e. The second-order valence-electron chi connectivity index (χ2n) is 4.85. The van der Waals surface area contributed by atoms with Crippen LogP contribution in [-0.4, -0.2) is 12.1 Å². The number of rotatable bonds is 1. The number of para-hydroxylation sites is 2. The zero-order valence-corrected chi connectivity index (χ0v) is 10.8. The lowest BCUT2D eigenvalue weighted by atomic mass is 10.1. The van der Waals surface area contributed by atoms with Gasteiger partial charge in [0.25, 0.3) is 0 Å². The summed E-state index contributed by atoms with van der Waals surface area (Å²) in [5.74, 6) is 0. The molecule has 1 aliphatic heterocycles. The molecule has 3 rings (SSSR count). The molecule has 1 aliphatic rings. The number of anilines is 2. The predicted molar refractivity (Wildman–Crippen MR) is 77.5 cm³/mol. The number of hydrogen-bond donors (Lipinski definition) is 1. The van der Waals surface area contributed by atoms with Gasteiger partial charge in [-0.1, -0.05) is 36.4 Å². The van der Waals surface area contributed by atoms with Gasteiger partial charge in [0.2, 0.25) is 0 Å². The number of fused-ring (bicyclic) bond motifs is 1. The molecular weight excluding hydrogens is 236 g/mol. The van der Waals surface area contributed by atoms with Crippen molar-refractivity contribution >= 4 is 17.4 Å². The minimum absolute atomic E-state index is 0.0661. The maximum absolute atomic E-state index is 12.4. The molecule has 2 amide bonds. The summed E-state index contributed by atoms with van der Waals surface area (Å²) in [5.41, 5.74) is 3.07. The second kappa shape index (κ2) is 4.76. The van der Waals surface area contributed by atoms with Gasteiger partial charge in [0.05, 0.1) is 0 Å². The molecule has 0 aromatic heterocycles. The Bertz CT molecular complexity index is 595. The summed E-state index contributed by atoms with van der Waals surface area (Å²) in [6.45, 7) is 2.07. The molecule has 0 radical (unpaired) electrons. The molecule has 2 aromatic carbocycles. The van der Waals surface area contributed by atoms with Gasteiger partial charge in [0.15, 0.2) is 0 Å². The topological polar surface area (TPSA) is 32.3 Å². The van der Waals surface area contributed by atoms with E-state index in [1.165, 1.54) is 5.56 Å². The number of amides is 2. The Morgan fingerprint density at radius 3 is 2.58 bits per heavy atom. The summed E-state index contributed by atoms with van der Waals surface area (Å²) in [6.07, 6.45) is 0.915. The smallest absolute Gasteiger partial charge is 0.308 e. The number of hydrogen-bond acceptors (Lipinski definition) is 1. The molecule has 1 heterocycles. The van der Waals surface area contributed by atoms with Gasteiger partial charge >= 0.3 is 6.03 Å². The van der Waals surface area contributed by atoms with Gasteiger partial charge < -0.3 is 5.32 Å². The molecule has 2 aromatic rings. The number of urea groups is 1. The van der Waals surface area contributed by atoms with E-state index in [2.05, 4.69) is 18.3 Å². The molecule has 96 valence electrons. The normalized spacial score (nSPS) is 17.1. The Kier molecular flexibility index (Phi) is 2.95. The van der Waals surface area contributed by atoms with Crippen molar-refractivity contribution in [2.24, 2.45) is 0 Å². The number of carbonyl (C=O) groups excluding carboxylic acids is 1. The molecular formula is C16H16N2O. The highest BCUT2D eigenvalue weighted by Crippen LogP contribution is 2.32. The Morgan fingerprint density at radius 1 is 1.11 bits per heavy atom. The second-order valence-corrected chi connectivity index (χ2v) is 4.85. The van der Waals surface area contributed by atoms with E-state index < -0.39 is 0 Å². The molecule has 0 aliphatic carbocycles. The summed E-state index contributed by atoms with van der Waals surface area (Å²) >= 11 is 0. The quantitative estimate of drug-likeness (QED) is 0.825. The van der Waals surface area contributed by atoms with Crippen molar-refractivity contribution in [2.45, 2.75) is 19.4 Å². The molecule has 3 heteroatoms. The van der Waals surface area contributed by atoms with E-state index in [1.54, 1.807) is 0 Å². The molecule has 3 nitrogen and oxygen atoms in total. The number of nitrogens with one attached hydrogen (secondary N) is 1. The van der Waals surface area contributed by atoms with Crippen molar-refractivity contribution in [2.75, 3.05) is 10.2 Å². The average molecular weight is 252 g/mol. The van der Waals surface area contributed by atoms with E-state index in [1.807, 2.05) is 53.4 Å². The largest absolute Gasteiger partial charge is 0.326 e. The molecule has 0 unspecified atom stereocenters. The molecule has 0 fully saturated rings. The lowest BCUT2D eigenvalue weighted by Crippen LogP contribution is -2.39. The Morgan fingerprint density at radius 2 is 1.79 bits per heavy atom. The SMILES string of the molecule is C[C@H]1Cc2ccccc2N1C(=O)Nc1ccccc1. The summed E-state index contributed by atoms with van der Waals surface area (Å²) < 4.78 is 0. The van der Waals surface area contributed by atoms with E-state index in [0.29, 0.717) is 0 Å². The van der Waals surface area contributed by atoms with Crippen LogP contribution in [-0.2, 0) is 6.42 Å². The fraction of sp³-hybridized carbons (Fsp3) is 0.188. The highest BCUT2D eigenvalue weighted by Gasteiger charge is 2.30. The van der Waals surface area contributed by atoms with Gasteiger partial charge in [0.1, 0.15) is 0 Å². The summed E-state index contributed by atoms with van der Waals surface area (Å²) in [5, 5.41) is 2.94. The van der Waals surface area contributed by atoms with Crippen molar-refractivity contribution in [1.29, 1.82) is 0 Å². The lowest BCUT2D eigenvalue weighted by molar-refractivity contribution is 0.256. The van der Waals surface area contributed by atoms with E-state index in [-0.39, 0.29) is 12.1 Å². The molecule has 0 saturated carbocycles. The molecule has 1 atom stereocenters. The van der Waals surface area contributed by atoms with Crippen LogP contribution in [0.4, 0.5) is 16.2 Å². The Hall–Kier alpha value is -2.29. The van der Waals surface area contributed by atoms with Crippen molar-refractivity contribution in [3.8, 4) is 0 Å². The predicted octanol–water partition coefficient (Wildman–Crippen LogP) is 3.67. The molecule has 0 bridgehead atoms. The van der Waals surface area contributed by atoms with Crippen molar-refractivity contribution < 1.29 is 4.79 Å². The van der Waals surface area contributed by atoms with E-state index in [4.69, 9.17) is 0 Å². The first-order valence-electron chi connectivity index (χ1n) is 6.49. The maximum Gasteiger partial charge on any atom is 0.326 e. The van der Waals surface area contributed by atoms with Crippen LogP contribution in [0, 0.1) is 0 Å². The first-order chi connectivity index (χ1) is 9.25. The first kappa shape index (κ1) is 11.8. The first-order valence-corrected chi connectivity index (χ1v) is 6.49. The zero-order chi connectivity index (χ0) is 13.2. The van der Waals surface area contributed by atoms with Gasteiger partial charge in [0, 0.05) is 17.4 Å². The highest BCUT2D eigenvalue weighted by molar-refractivity contribution is 6.03. The third kappa shape index (κ3) is 2.19. The number of benzene rings is 2. The van der Waals surface area contributed by atoms with E-state index in [0.717, 1.165) is 17.8 Å². The van der Waals surface area contributed by atoms with Crippen LogP contribution < -0.4 is 10.2 Å². The zero-order valence-electron chi connectivity index (χ0n) is 10.8. The average Bonchev–Trinajstić information content (AvgIpc) is 2.75. The van der Waals surface area contributed by atoms with Crippen LogP contribution in [0.25, 0.3) is 0 Å². The van der Waals surface area contributed by atoms with Crippen LogP contribution in [0.15, 0.2) is 54.6 Å². The van der Waals surface area contributed by atoms with Crippen molar-refractivity contribution in [3.63, 3.8) is 0 Å². The summed E-state index contributed by atoms with van der Waals surface area (Å²) in [6, 6.07) is 17.8. The standard InChI is InChI=1S/C16H16N2O/c1-12-11-13-7-5-6-10-15(13)18(12)16(19)17-14-8-3-2-4-9-14/h2-10,12H,11H2,1H3,(H,17,19)/t12-/m0/s1. The molecule has 19 heavy (non-hydrogen) atoms.